The van der Waals surface area contributed by atoms with Crippen LogP contribution in [0.3, 0.4) is 0 Å². The summed E-state index contributed by atoms with van der Waals surface area (Å²) < 4.78 is 21.0. The molecule has 156 valence electrons. The van der Waals surface area contributed by atoms with Crippen molar-refractivity contribution in [3.63, 3.8) is 0 Å². The van der Waals surface area contributed by atoms with Crippen molar-refractivity contribution in [2.24, 2.45) is 0 Å². The zero-order valence-electron chi connectivity index (χ0n) is 16.3. The van der Waals surface area contributed by atoms with Crippen LogP contribution in [0, 0.1) is 5.82 Å². The highest BCUT2D eigenvalue weighted by Crippen LogP contribution is 2.32. The van der Waals surface area contributed by atoms with Gasteiger partial charge in [-0.05, 0) is 38.1 Å². The summed E-state index contributed by atoms with van der Waals surface area (Å²) in [6.45, 7) is 3.98. The zero-order chi connectivity index (χ0) is 21.8. The second-order valence-electron chi connectivity index (χ2n) is 6.32. The molecule has 0 aliphatic heterocycles. The molecule has 0 aliphatic rings. The molecule has 5 nitrogen and oxygen atoms in total. The van der Waals surface area contributed by atoms with Gasteiger partial charge in [0.1, 0.15) is 17.2 Å². The minimum absolute atomic E-state index is 0.112. The lowest BCUT2D eigenvalue weighted by Crippen LogP contribution is -2.24. The number of carbonyl (C=O) groups is 1. The van der Waals surface area contributed by atoms with E-state index in [1.165, 1.54) is 12.1 Å². The molecule has 0 radical (unpaired) electrons. The standard InChI is InChI=1S/C22H19Cl2FN2O3/c1-3-27-19(26-17-8-6-5-7-16(17)25)12-18(28)20(22(29)30-4-2)21(27)13-9-10-14(23)15(24)11-13/h5-12,26H,3-4H2,1-2H3. The van der Waals surface area contributed by atoms with Gasteiger partial charge in [0, 0.05) is 18.2 Å². The highest BCUT2D eigenvalue weighted by molar-refractivity contribution is 6.42. The van der Waals surface area contributed by atoms with Gasteiger partial charge in [0.2, 0.25) is 0 Å². The van der Waals surface area contributed by atoms with Crippen molar-refractivity contribution in [2.45, 2.75) is 20.4 Å². The van der Waals surface area contributed by atoms with Crippen molar-refractivity contribution >= 4 is 40.7 Å². The molecule has 3 rings (SSSR count). The summed E-state index contributed by atoms with van der Waals surface area (Å²) in [5.74, 6) is -0.900. The van der Waals surface area contributed by atoms with Crippen LogP contribution in [-0.4, -0.2) is 17.1 Å². The number of esters is 1. The molecule has 0 fully saturated rings. The number of para-hydroxylation sites is 1. The third-order valence-corrected chi connectivity index (χ3v) is 5.18. The summed E-state index contributed by atoms with van der Waals surface area (Å²) >= 11 is 12.2. The first-order valence-corrected chi connectivity index (χ1v) is 10.0. The molecule has 0 bridgehead atoms. The Morgan fingerprint density at radius 1 is 1.10 bits per heavy atom. The van der Waals surface area contributed by atoms with Crippen molar-refractivity contribution in [3.05, 3.63) is 80.2 Å². The maximum absolute atomic E-state index is 14.2. The number of benzene rings is 2. The number of hydrogen-bond acceptors (Lipinski definition) is 4. The number of ether oxygens (including phenoxy) is 1. The first-order chi connectivity index (χ1) is 14.4. The fraction of sp³-hybridized carbons (Fsp3) is 0.182. The molecule has 0 unspecified atom stereocenters. The largest absolute Gasteiger partial charge is 0.462 e. The van der Waals surface area contributed by atoms with E-state index in [1.54, 1.807) is 47.9 Å². The van der Waals surface area contributed by atoms with Crippen LogP contribution in [0.1, 0.15) is 24.2 Å². The SMILES string of the molecule is CCOC(=O)c1c(-c2ccc(Cl)c(Cl)c2)n(CC)c(Nc2ccccc2F)cc1=O. The minimum Gasteiger partial charge on any atom is -0.462 e. The predicted molar refractivity (Wildman–Crippen MR) is 117 cm³/mol. The molecule has 0 spiro atoms. The van der Waals surface area contributed by atoms with Crippen molar-refractivity contribution < 1.29 is 13.9 Å². The first kappa shape index (κ1) is 21.9. The molecule has 1 heterocycles. The number of nitrogens with one attached hydrogen (secondary N) is 1. The van der Waals surface area contributed by atoms with Crippen LogP contribution < -0.4 is 10.7 Å². The second-order valence-corrected chi connectivity index (χ2v) is 7.13. The summed E-state index contributed by atoms with van der Waals surface area (Å²) in [7, 11) is 0. The Labute approximate surface area is 183 Å². The summed E-state index contributed by atoms with van der Waals surface area (Å²) in [6, 6.07) is 12.2. The highest BCUT2D eigenvalue weighted by atomic mass is 35.5. The third-order valence-electron chi connectivity index (χ3n) is 4.44. The van der Waals surface area contributed by atoms with Crippen molar-refractivity contribution in [3.8, 4) is 11.3 Å². The number of halogens is 3. The monoisotopic (exact) mass is 448 g/mol. The van der Waals surface area contributed by atoms with Gasteiger partial charge in [-0.15, -0.1) is 0 Å². The summed E-state index contributed by atoms with van der Waals surface area (Å²) in [5.41, 5.74) is 0.321. The molecule has 0 saturated heterocycles. The topological polar surface area (TPSA) is 60.3 Å². The molecule has 0 aliphatic carbocycles. The van der Waals surface area contributed by atoms with Gasteiger partial charge in [-0.25, -0.2) is 9.18 Å². The highest BCUT2D eigenvalue weighted by Gasteiger charge is 2.24. The number of aromatic nitrogens is 1. The summed E-state index contributed by atoms with van der Waals surface area (Å²) in [5, 5.41) is 3.55. The number of carbonyl (C=O) groups excluding carboxylic acids is 1. The molecule has 3 aromatic rings. The number of nitrogens with zero attached hydrogens (tertiary/aromatic N) is 1. The zero-order valence-corrected chi connectivity index (χ0v) is 17.9. The molecule has 30 heavy (non-hydrogen) atoms. The Hall–Kier alpha value is -2.83. The second kappa shape index (κ2) is 9.32. The van der Waals surface area contributed by atoms with Crippen molar-refractivity contribution in [1.82, 2.24) is 4.57 Å². The number of pyridine rings is 1. The minimum atomic E-state index is -0.747. The van der Waals surface area contributed by atoms with E-state index in [1.807, 2.05) is 6.92 Å². The van der Waals surface area contributed by atoms with E-state index in [9.17, 15) is 14.0 Å². The molecule has 0 amide bonds. The quantitative estimate of drug-likeness (QED) is 0.476. The van der Waals surface area contributed by atoms with Crippen molar-refractivity contribution in [2.75, 3.05) is 11.9 Å². The van der Waals surface area contributed by atoms with Gasteiger partial charge in [0.25, 0.3) is 0 Å². The molecule has 0 atom stereocenters. The molecule has 2 aromatic carbocycles. The van der Waals surface area contributed by atoms with Gasteiger partial charge >= 0.3 is 5.97 Å². The van der Waals surface area contributed by atoms with Crippen LogP contribution in [-0.2, 0) is 11.3 Å². The van der Waals surface area contributed by atoms with E-state index in [-0.39, 0.29) is 22.9 Å². The Kier molecular flexibility index (Phi) is 6.80. The van der Waals surface area contributed by atoms with E-state index in [0.717, 1.165) is 0 Å². The average molecular weight is 449 g/mol. The average Bonchev–Trinajstić information content (AvgIpc) is 2.71. The van der Waals surface area contributed by atoms with Gasteiger partial charge in [0.05, 0.1) is 28.0 Å². The van der Waals surface area contributed by atoms with Gasteiger partial charge in [0.15, 0.2) is 5.43 Å². The number of hydrogen-bond donors (Lipinski definition) is 1. The van der Waals surface area contributed by atoms with Gasteiger partial charge in [-0.2, -0.15) is 0 Å². The van der Waals surface area contributed by atoms with Gasteiger partial charge in [-0.3, -0.25) is 4.79 Å². The maximum Gasteiger partial charge on any atom is 0.344 e. The third kappa shape index (κ3) is 4.35. The molecule has 0 saturated carbocycles. The van der Waals surface area contributed by atoms with Crippen molar-refractivity contribution in [1.29, 1.82) is 0 Å². The van der Waals surface area contributed by atoms with E-state index < -0.39 is 17.2 Å². The van der Waals surface area contributed by atoms with E-state index in [2.05, 4.69) is 5.32 Å². The number of rotatable bonds is 6. The van der Waals surface area contributed by atoms with Crippen LogP contribution >= 0.6 is 23.2 Å². The Balaban J connectivity index is 2.30. The summed E-state index contributed by atoms with van der Waals surface area (Å²) in [4.78, 5) is 25.6. The van der Waals surface area contributed by atoms with Crippen LogP contribution in [0.4, 0.5) is 15.9 Å². The maximum atomic E-state index is 14.2. The van der Waals surface area contributed by atoms with Crippen LogP contribution in [0.25, 0.3) is 11.3 Å². The lowest BCUT2D eigenvalue weighted by atomic mass is 10.0. The fourth-order valence-electron chi connectivity index (χ4n) is 3.12. The smallest absolute Gasteiger partial charge is 0.344 e. The Morgan fingerprint density at radius 3 is 2.47 bits per heavy atom. The van der Waals surface area contributed by atoms with Gasteiger partial charge in [-0.1, -0.05) is 41.4 Å². The predicted octanol–water partition coefficient (Wildman–Crippen LogP) is 5.90. The molecular formula is C22H19Cl2FN2O3. The van der Waals surface area contributed by atoms with Gasteiger partial charge < -0.3 is 14.6 Å². The number of anilines is 2. The van der Waals surface area contributed by atoms with E-state index >= 15 is 0 Å². The normalized spacial score (nSPS) is 10.7. The first-order valence-electron chi connectivity index (χ1n) is 9.29. The van der Waals surface area contributed by atoms with Crippen LogP contribution in [0.5, 0.6) is 0 Å². The van der Waals surface area contributed by atoms with Crippen LogP contribution in [0.15, 0.2) is 53.3 Å². The Bertz CT molecular complexity index is 1160. The fourth-order valence-corrected chi connectivity index (χ4v) is 3.42. The van der Waals surface area contributed by atoms with Crippen LogP contribution in [0.2, 0.25) is 10.0 Å². The molecular weight excluding hydrogens is 430 g/mol. The molecule has 8 heteroatoms. The van der Waals surface area contributed by atoms with E-state index in [4.69, 9.17) is 27.9 Å². The summed E-state index contributed by atoms with van der Waals surface area (Å²) in [6.07, 6.45) is 0. The molecule has 1 aromatic heterocycles. The lowest BCUT2D eigenvalue weighted by Gasteiger charge is -2.21. The lowest BCUT2D eigenvalue weighted by molar-refractivity contribution is 0.0525. The van der Waals surface area contributed by atoms with E-state index in [0.29, 0.717) is 28.6 Å². The Morgan fingerprint density at radius 2 is 1.83 bits per heavy atom. The molecule has 1 N–H and O–H groups in total.